The maximum atomic E-state index is 11.3. The molecule has 1 aromatic rings. The summed E-state index contributed by atoms with van der Waals surface area (Å²) in [5.74, 6) is -1.12. The van der Waals surface area contributed by atoms with Gasteiger partial charge in [-0.05, 0) is 18.9 Å². The van der Waals surface area contributed by atoms with Gasteiger partial charge >= 0.3 is 5.97 Å². The molecule has 0 aromatic heterocycles. The lowest BCUT2D eigenvalue weighted by molar-refractivity contribution is -0.384. The van der Waals surface area contributed by atoms with Crippen molar-refractivity contribution >= 4 is 17.3 Å². The summed E-state index contributed by atoms with van der Waals surface area (Å²) in [6.07, 6.45) is 5.56. The van der Waals surface area contributed by atoms with Crippen LogP contribution in [0.5, 0.6) is 0 Å². The molecule has 6 nitrogen and oxygen atoms in total. The van der Waals surface area contributed by atoms with Crippen LogP contribution in [0, 0.1) is 10.1 Å². The van der Waals surface area contributed by atoms with Crippen molar-refractivity contribution < 1.29 is 14.8 Å². The van der Waals surface area contributed by atoms with Gasteiger partial charge in [-0.3, -0.25) is 10.1 Å². The van der Waals surface area contributed by atoms with Gasteiger partial charge in [-0.1, -0.05) is 19.3 Å². The van der Waals surface area contributed by atoms with E-state index in [1.807, 2.05) is 4.90 Å². The second-order valence-electron chi connectivity index (χ2n) is 5.02. The van der Waals surface area contributed by atoms with Crippen molar-refractivity contribution in [3.05, 3.63) is 33.9 Å². The third-order valence-electron chi connectivity index (χ3n) is 3.62. The molecule has 1 fully saturated rings. The van der Waals surface area contributed by atoms with E-state index >= 15 is 0 Å². The number of anilines is 1. The molecule has 1 aromatic carbocycles. The minimum atomic E-state index is -1.12. The molecule has 1 N–H and O–H groups in total. The molecule has 0 atom stereocenters. The van der Waals surface area contributed by atoms with Gasteiger partial charge in [-0.25, -0.2) is 4.79 Å². The van der Waals surface area contributed by atoms with E-state index in [2.05, 4.69) is 0 Å². The molecule has 0 unspecified atom stereocenters. The molecule has 0 aliphatic carbocycles. The zero-order valence-electron chi connectivity index (χ0n) is 11.2. The third-order valence-corrected chi connectivity index (χ3v) is 3.62. The first-order chi connectivity index (χ1) is 9.59. The Morgan fingerprint density at radius 3 is 2.30 bits per heavy atom. The normalized spacial score (nSPS) is 16.3. The summed E-state index contributed by atoms with van der Waals surface area (Å²) < 4.78 is 0. The Balaban J connectivity index is 2.33. The van der Waals surface area contributed by atoms with E-state index in [1.165, 1.54) is 12.5 Å². The molecule has 1 heterocycles. The zero-order chi connectivity index (χ0) is 14.5. The Kier molecular flexibility index (Phi) is 4.55. The van der Waals surface area contributed by atoms with Crippen molar-refractivity contribution in [1.29, 1.82) is 0 Å². The van der Waals surface area contributed by atoms with Crippen LogP contribution in [0.2, 0.25) is 0 Å². The molecule has 0 amide bonds. The number of nitro groups is 1. The number of carboxylic acid groups (broad SMARTS) is 1. The Morgan fingerprint density at radius 2 is 1.75 bits per heavy atom. The second kappa shape index (κ2) is 6.36. The first-order valence-electron chi connectivity index (χ1n) is 6.86. The summed E-state index contributed by atoms with van der Waals surface area (Å²) >= 11 is 0. The smallest absolute Gasteiger partial charge is 0.338 e. The van der Waals surface area contributed by atoms with E-state index in [0.717, 1.165) is 44.8 Å². The maximum Gasteiger partial charge on any atom is 0.338 e. The van der Waals surface area contributed by atoms with Gasteiger partial charge in [-0.15, -0.1) is 0 Å². The number of non-ortho nitro benzene ring substituents is 1. The molecule has 20 heavy (non-hydrogen) atoms. The molecule has 0 bridgehead atoms. The summed E-state index contributed by atoms with van der Waals surface area (Å²) in [5.41, 5.74) is 0.419. The predicted octanol–water partition coefficient (Wildman–Crippen LogP) is 3.06. The Morgan fingerprint density at radius 1 is 1.15 bits per heavy atom. The van der Waals surface area contributed by atoms with E-state index in [4.69, 9.17) is 0 Å². The highest BCUT2D eigenvalue weighted by atomic mass is 16.6. The maximum absolute atomic E-state index is 11.3. The van der Waals surface area contributed by atoms with Crippen LogP contribution in [-0.2, 0) is 0 Å². The Hall–Kier alpha value is -2.11. The SMILES string of the molecule is O=C(O)c1cc([N+](=O)[O-])ccc1N1CCCCCCC1. The highest BCUT2D eigenvalue weighted by molar-refractivity contribution is 5.95. The Labute approximate surface area is 117 Å². The lowest BCUT2D eigenvalue weighted by atomic mass is 10.1. The first-order valence-corrected chi connectivity index (χ1v) is 6.86. The number of nitro benzene ring substituents is 1. The minimum Gasteiger partial charge on any atom is -0.478 e. The monoisotopic (exact) mass is 278 g/mol. The fourth-order valence-electron chi connectivity index (χ4n) is 2.57. The van der Waals surface area contributed by atoms with Gasteiger partial charge in [0.2, 0.25) is 0 Å². The molecule has 1 saturated heterocycles. The standard InChI is InChI=1S/C14H18N2O4/c17-14(18)12-10-11(16(19)20)6-7-13(12)15-8-4-2-1-3-5-9-15/h6-7,10H,1-5,8-9H2,(H,17,18). The number of carboxylic acids is 1. The number of nitrogens with zero attached hydrogens (tertiary/aromatic N) is 2. The van der Waals surface area contributed by atoms with Crippen LogP contribution < -0.4 is 4.90 Å². The van der Waals surface area contributed by atoms with Crippen LogP contribution >= 0.6 is 0 Å². The van der Waals surface area contributed by atoms with Crippen LogP contribution in [-0.4, -0.2) is 29.1 Å². The topological polar surface area (TPSA) is 83.7 Å². The van der Waals surface area contributed by atoms with E-state index < -0.39 is 10.9 Å². The molecule has 1 aliphatic heterocycles. The van der Waals surface area contributed by atoms with Crippen molar-refractivity contribution in [3.8, 4) is 0 Å². The van der Waals surface area contributed by atoms with Crippen LogP contribution in [0.4, 0.5) is 11.4 Å². The van der Waals surface area contributed by atoms with Crippen LogP contribution in [0.1, 0.15) is 42.5 Å². The summed E-state index contributed by atoms with van der Waals surface area (Å²) in [7, 11) is 0. The molecule has 0 spiro atoms. The summed E-state index contributed by atoms with van der Waals surface area (Å²) in [5, 5.41) is 20.0. The summed E-state index contributed by atoms with van der Waals surface area (Å²) in [6, 6.07) is 4.08. The number of hydrogen-bond acceptors (Lipinski definition) is 4. The third kappa shape index (κ3) is 3.26. The van der Waals surface area contributed by atoms with E-state index in [0.29, 0.717) is 5.69 Å². The molecule has 6 heteroatoms. The van der Waals surface area contributed by atoms with Gasteiger partial charge in [0.05, 0.1) is 16.2 Å². The molecule has 0 saturated carbocycles. The summed E-state index contributed by atoms with van der Waals surface area (Å²) in [6.45, 7) is 1.61. The van der Waals surface area contributed by atoms with Gasteiger partial charge in [0.15, 0.2) is 0 Å². The van der Waals surface area contributed by atoms with Gasteiger partial charge in [-0.2, -0.15) is 0 Å². The largest absolute Gasteiger partial charge is 0.478 e. The van der Waals surface area contributed by atoms with Gasteiger partial charge in [0, 0.05) is 25.2 Å². The highest BCUT2D eigenvalue weighted by Crippen LogP contribution is 2.27. The van der Waals surface area contributed by atoms with Gasteiger partial charge in [0.25, 0.3) is 5.69 Å². The van der Waals surface area contributed by atoms with E-state index in [-0.39, 0.29) is 11.3 Å². The van der Waals surface area contributed by atoms with Gasteiger partial charge < -0.3 is 10.0 Å². The number of benzene rings is 1. The minimum absolute atomic E-state index is 0.0137. The number of hydrogen-bond donors (Lipinski definition) is 1. The number of aromatic carboxylic acids is 1. The van der Waals surface area contributed by atoms with Crippen molar-refractivity contribution in [2.45, 2.75) is 32.1 Å². The molecule has 2 rings (SSSR count). The van der Waals surface area contributed by atoms with Crippen molar-refractivity contribution in [1.82, 2.24) is 0 Å². The van der Waals surface area contributed by atoms with Crippen molar-refractivity contribution in [3.63, 3.8) is 0 Å². The average molecular weight is 278 g/mol. The summed E-state index contributed by atoms with van der Waals surface area (Å²) in [4.78, 5) is 23.6. The predicted molar refractivity (Wildman–Crippen MR) is 75.4 cm³/mol. The van der Waals surface area contributed by atoms with E-state index in [9.17, 15) is 20.0 Å². The van der Waals surface area contributed by atoms with Gasteiger partial charge in [0.1, 0.15) is 0 Å². The number of rotatable bonds is 3. The lowest BCUT2D eigenvalue weighted by Gasteiger charge is -2.28. The lowest BCUT2D eigenvalue weighted by Crippen LogP contribution is -2.28. The van der Waals surface area contributed by atoms with Crippen LogP contribution in [0.15, 0.2) is 18.2 Å². The molecule has 0 radical (unpaired) electrons. The number of carbonyl (C=O) groups is 1. The quantitative estimate of drug-likeness (QED) is 0.678. The average Bonchev–Trinajstić information content (AvgIpc) is 2.37. The van der Waals surface area contributed by atoms with Crippen LogP contribution in [0.3, 0.4) is 0 Å². The van der Waals surface area contributed by atoms with Crippen LogP contribution in [0.25, 0.3) is 0 Å². The second-order valence-corrected chi connectivity index (χ2v) is 5.02. The first kappa shape index (κ1) is 14.3. The molecular formula is C14H18N2O4. The highest BCUT2D eigenvalue weighted by Gasteiger charge is 2.20. The molecule has 1 aliphatic rings. The molecule has 108 valence electrons. The zero-order valence-corrected chi connectivity index (χ0v) is 11.2. The van der Waals surface area contributed by atoms with E-state index in [1.54, 1.807) is 6.07 Å². The Bertz CT molecular complexity index is 508. The molecular weight excluding hydrogens is 260 g/mol. The fraction of sp³-hybridized carbons (Fsp3) is 0.500. The fourth-order valence-corrected chi connectivity index (χ4v) is 2.57. The van der Waals surface area contributed by atoms with Crippen molar-refractivity contribution in [2.75, 3.05) is 18.0 Å². The van der Waals surface area contributed by atoms with Crippen molar-refractivity contribution in [2.24, 2.45) is 0 Å².